The normalized spacial score (nSPS) is 16.4. The lowest BCUT2D eigenvalue weighted by Crippen LogP contribution is -2.24. The molecule has 4 rings (SSSR count). The molecule has 1 aliphatic rings. The van der Waals surface area contributed by atoms with E-state index in [2.05, 4.69) is 38.1 Å². The van der Waals surface area contributed by atoms with Crippen LogP contribution in [-0.4, -0.2) is 28.6 Å². The minimum Gasteiger partial charge on any atom is -0.312 e. The lowest BCUT2D eigenvalue weighted by molar-refractivity contribution is -0.117. The van der Waals surface area contributed by atoms with Gasteiger partial charge in [-0.2, -0.15) is 0 Å². The predicted octanol–water partition coefficient (Wildman–Crippen LogP) is 4.05. The van der Waals surface area contributed by atoms with Crippen LogP contribution in [0, 0.1) is 9.39 Å². The van der Waals surface area contributed by atoms with E-state index >= 15 is 0 Å². The zero-order valence-corrected chi connectivity index (χ0v) is 17.4. The van der Waals surface area contributed by atoms with Crippen molar-refractivity contribution in [3.05, 3.63) is 68.5 Å². The molecule has 1 aliphatic heterocycles. The second-order valence-electron chi connectivity index (χ2n) is 6.26. The van der Waals surface area contributed by atoms with E-state index in [0.717, 1.165) is 3.57 Å². The summed E-state index contributed by atoms with van der Waals surface area (Å²) in [4.78, 5) is 26.4. The van der Waals surface area contributed by atoms with Gasteiger partial charge in [-0.3, -0.25) is 14.9 Å². The van der Waals surface area contributed by atoms with Gasteiger partial charge in [-0.15, -0.1) is 10.2 Å². The molecule has 1 N–H and O–H groups in total. The molecule has 1 aromatic heterocycles. The molecule has 1 atom stereocenters. The summed E-state index contributed by atoms with van der Waals surface area (Å²) in [5, 5.41) is 12.1. The topological polar surface area (TPSA) is 75.2 Å². The number of hydrogen-bond donors (Lipinski definition) is 1. The summed E-state index contributed by atoms with van der Waals surface area (Å²) in [6, 6.07) is 13.1. The van der Waals surface area contributed by atoms with Crippen molar-refractivity contribution in [3.8, 4) is 0 Å². The van der Waals surface area contributed by atoms with Crippen molar-refractivity contribution >= 4 is 56.6 Å². The van der Waals surface area contributed by atoms with Crippen molar-refractivity contribution in [2.45, 2.75) is 12.3 Å². The first-order valence-electron chi connectivity index (χ1n) is 8.46. The zero-order valence-electron chi connectivity index (χ0n) is 14.4. The molecule has 0 spiro atoms. The highest BCUT2D eigenvalue weighted by atomic mass is 127. The van der Waals surface area contributed by atoms with Crippen molar-refractivity contribution in [2.24, 2.45) is 0 Å². The number of nitrogens with one attached hydrogen (secondary N) is 1. The molecular formula is C19H14FIN4O2S. The van der Waals surface area contributed by atoms with E-state index in [-0.39, 0.29) is 23.5 Å². The average Bonchev–Trinajstić information content (AvgIpc) is 3.29. The van der Waals surface area contributed by atoms with E-state index in [1.807, 2.05) is 12.1 Å². The van der Waals surface area contributed by atoms with Gasteiger partial charge in [-0.25, -0.2) is 4.39 Å². The molecule has 1 fully saturated rings. The minimum atomic E-state index is -0.343. The summed E-state index contributed by atoms with van der Waals surface area (Å²) >= 11 is 3.37. The lowest BCUT2D eigenvalue weighted by Gasteiger charge is -2.16. The van der Waals surface area contributed by atoms with Gasteiger partial charge in [-0.1, -0.05) is 23.5 Å². The van der Waals surface area contributed by atoms with Crippen LogP contribution in [0.2, 0.25) is 0 Å². The first-order chi connectivity index (χ1) is 13.5. The first kappa shape index (κ1) is 18.9. The van der Waals surface area contributed by atoms with Crippen LogP contribution in [0.1, 0.15) is 27.7 Å². The summed E-state index contributed by atoms with van der Waals surface area (Å²) in [7, 11) is 0. The summed E-state index contributed by atoms with van der Waals surface area (Å²) < 4.78 is 14.0. The molecule has 6 nitrogen and oxygen atoms in total. The molecule has 2 amide bonds. The fourth-order valence-electron chi connectivity index (χ4n) is 3.00. The minimum absolute atomic E-state index is 0.0452. The maximum atomic E-state index is 13.1. The van der Waals surface area contributed by atoms with E-state index in [9.17, 15) is 14.0 Å². The molecular weight excluding hydrogens is 494 g/mol. The number of hydrogen-bond acceptors (Lipinski definition) is 5. The molecule has 2 heterocycles. The van der Waals surface area contributed by atoms with Crippen LogP contribution in [0.3, 0.4) is 0 Å². The number of benzene rings is 2. The van der Waals surface area contributed by atoms with Gasteiger partial charge >= 0.3 is 0 Å². The summed E-state index contributed by atoms with van der Waals surface area (Å²) in [6.07, 6.45) is 0.302. The maximum absolute atomic E-state index is 13.1. The van der Waals surface area contributed by atoms with Crippen LogP contribution < -0.4 is 10.2 Å². The van der Waals surface area contributed by atoms with Crippen molar-refractivity contribution in [3.63, 3.8) is 0 Å². The second-order valence-corrected chi connectivity index (χ2v) is 8.43. The van der Waals surface area contributed by atoms with Crippen molar-refractivity contribution < 1.29 is 14.0 Å². The Morgan fingerprint density at radius 1 is 1.18 bits per heavy atom. The van der Waals surface area contributed by atoms with Crippen LogP contribution in [0.25, 0.3) is 0 Å². The predicted molar refractivity (Wildman–Crippen MR) is 113 cm³/mol. The number of aromatic nitrogens is 2. The number of carbonyl (C=O) groups is 2. The average molecular weight is 508 g/mol. The number of halogens is 2. The van der Waals surface area contributed by atoms with Crippen LogP contribution in [0.4, 0.5) is 15.2 Å². The van der Waals surface area contributed by atoms with E-state index in [4.69, 9.17) is 0 Å². The molecule has 9 heteroatoms. The van der Waals surface area contributed by atoms with Crippen LogP contribution in [0.15, 0.2) is 48.5 Å². The Balaban J connectivity index is 1.46. The smallest absolute Gasteiger partial charge is 0.258 e. The number of amides is 2. The molecule has 0 saturated carbocycles. The molecule has 3 aromatic rings. The van der Waals surface area contributed by atoms with E-state index in [1.54, 1.807) is 29.2 Å². The standard InChI is InChI=1S/C19H14FIN4O2S/c20-12-5-7-13(8-6-12)25-10-11(9-16(25)26)18-23-24-19(28-18)22-17(27)14-3-1-2-4-15(14)21/h1-8,11H,9-10H2,(H,22,24,27). The second kappa shape index (κ2) is 7.92. The molecule has 142 valence electrons. The van der Waals surface area contributed by atoms with Gasteiger partial charge in [0.1, 0.15) is 10.8 Å². The van der Waals surface area contributed by atoms with E-state index in [0.29, 0.717) is 34.4 Å². The fourth-order valence-corrected chi connectivity index (χ4v) is 4.47. The maximum Gasteiger partial charge on any atom is 0.258 e. The Labute approximate surface area is 177 Å². The molecule has 0 bridgehead atoms. The number of anilines is 2. The zero-order chi connectivity index (χ0) is 19.7. The van der Waals surface area contributed by atoms with Crippen molar-refractivity contribution in [1.82, 2.24) is 10.2 Å². The van der Waals surface area contributed by atoms with Gasteiger partial charge in [-0.05, 0) is 59.0 Å². The first-order valence-corrected chi connectivity index (χ1v) is 10.4. The summed E-state index contributed by atoms with van der Waals surface area (Å²) in [5.74, 6) is -0.749. The number of carbonyl (C=O) groups excluding carboxylic acids is 2. The number of nitrogens with zero attached hydrogens (tertiary/aromatic N) is 3. The highest BCUT2D eigenvalue weighted by Gasteiger charge is 2.34. The van der Waals surface area contributed by atoms with Gasteiger partial charge in [0.25, 0.3) is 5.91 Å². The van der Waals surface area contributed by atoms with Crippen molar-refractivity contribution in [2.75, 3.05) is 16.8 Å². The van der Waals surface area contributed by atoms with Gasteiger partial charge in [0.05, 0.1) is 5.56 Å². The number of rotatable bonds is 4. The highest BCUT2D eigenvalue weighted by Crippen LogP contribution is 2.34. The van der Waals surface area contributed by atoms with Gasteiger partial charge in [0.2, 0.25) is 11.0 Å². The highest BCUT2D eigenvalue weighted by molar-refractivity contribution is 14.1. The van der Waals surface area contributed by atoms with Gasteiger partial charge in [0, 0.05) is 28.1 Å². The third kappa shape index (κ3) is 3.90. The third-order valence-corrected chi connectivity index (χ3v) is 6.33. The Morgan fingerprint density at radius 3 is 2.68 bits per heavy atom. The molecule has 0 aliphatic carbocycles. The summed E-state index contributed by atoms with van der Waals surface area (Å²) in [6.45, 7) is 0.448. The van der Waals surface area contributed by atoms with E-state index in [1.165, 1.54) is 23.5 Å². The van der Waals surface area contributed by atoms with Crippen LogP contribution >= 0.6 is 33.9 Å². The van der Waals surface area contributed by atoms with Crippen LogP contribution in [-0.2, 0) is 4.79 Å². The monoisotopic (exact) mass is 508 g/mol. The lowest BCUT2D eigenvalue weighted by atomic mass is 10.1. The quantitative estimate of drug-likeness (QED) is 0.540. The molecule has 0 radical (unpaired) electrons. The molecule has 2 aromatic carbocycles. The van der Waals surface area contributed by atoms with Crippen molar-refractivity contribution in [1.29, 1.82) is 0 Å². The Bertz CT molecular complexity index is 1040. The molecule has 1 saturated heterocycles. The Hall–Kier alpha value is -2.40. The Kier molecular flexibility index (Phi) is 5.36. The SMILES string of the molecule is O=C(Nc1nnc(C2CC(=O)N(c3ccc(F)cc3)C2)s1)c1ccccc1I. The fraction of sp³-hybridized carbons (Fsp3) is 0.158. The van der Waals surface area contributed by atoms with Gasteiger partial charge in [0.15, 0.2) is 0 Å². The molecule has 1 unspecified atom stereocenters. The largest absolute Gasteiger partial charge is 0.312 e. The third-order valence-electron chi connectivity index (χ3n) is 4.39. The van der Waals surface area contributed by atoms with Gasteiger partial charge < -0.3 is 4.90 Å². The molecule has 28 heavy (non-hydrogen) atoms. The van der Waals surface area contributed by atoms with E-state index < -0.39 is 0 Å². The Morgan fingerprint density at radius 2 is 1.93 bits per heavy atom. The summed E-state index contributed by atoms with van der Waals surface area (Å²) in [5.41, 5.74) is 1.23. The van der Waals surface area contributed by atoms with Crippen LogP contribution in [0.5, 0.6) is 0 Å².